The van der Waals surface area contributed by atoms with Crippen LogP contribution < -0.4 is 10.7 Å². The topological polar surface area (TPSA) is 70.6 Å². The molecular weight excluding hydrogens is 349 g/mol. The first-order valence-electron chi connectivity index (χ1n) is 7.08. The molecule has 0 aliphatic heterocycles. The molecule has 0 radical (unpaired) electrons. The van der Waals surface area contributed by atoms with Crippen LogP contribution in [0, 0.1) is 6.92 Å². The van der Waals surface area contributed by atoms with Crippen LogP contribution in [0.4, 0.5) is 0 Å². The van der Waals surface area contributed by atoms with E-state index in [2.05, 4.69) is 15.8 Å². The highest BCUT2D eigenvalue weighted by Gasteiger charge is 2.09. The molecule has 2 amide bonds. The molecule has 0 fully saturated rings. The molecule has 0 spiro atoms. The fourth-order valence-electron chi connectivity index (χ4n) is 1.90. The standard InChI is InChI=1S/C17H15Cl2N3O2/c1-11-4-2-3-5-14(11)17(24)20-10-16(23)22-21-9-12-6-7-13(18)8-15(12)19/h2-9H,10H2,1H3,(H,20,24)(H,22,23). The summed E-state index contributed by atoms with van der Waals surface area (Å²) in [5, 5.41) is 7.27. The fraction of sp³-hybridized carbons (Fsp3) is 0.118. The van der Waals surface area contributed by atoms with Crippen molar-refractivity contribution in [1.29, 1.82) is 0 Å². The predicted molar refractivity (Wildman–Crippen MR) is 95.7 cm³/mol. The second-order valence-electron chi connectivity index (χ2n) is 4.96. The van der Waals surface area contributed by atoms with Gasteiger partial charge in [-0.1, -0.05) is 47.5 Å². The smallest absolute Gasteiger partial charge is 0.259 e. The quantitative estimate of drug-likeness (QED) is 0.632. The summed E-state index contributed by atoms with van der Waals surface area (Å²) in [4.78, 5) is 23.7. The van der Waals surface area contributed by atoms with Crippen molar-refractivity contribution in [3.8, 4) is 0 Å². The lowest BCUT2D eigenvalue weighted by atomic mass is 10.1. The van der Waals surface area contributed by atoms with Crippen molar-refractivity contribution in [3.05, 3.63) is 69.2 Å². The molecule has 0 saturated heterocycles. The summed E-state index contributed by atoms with van der Waals surface area (Å²) in [7, 11) is 0. The molecular formula is C17H15Cl2N3O2. The maximum Gasteiger partial charge on any atom is 0.259 e. The van der Waals surface area contributed by atoms with Gasteiger partial charge in [0.1, 0.15) is 0 Å². The second kappa shape index (κ2) is 8.47. The number of hydrogen-bond donors (Lipinski definition) is 2. The highest BCUT2D eigenvalue weighted by atomic mass is 35.5. The number of rotatable bonds is 5. The number of benzene rings is 2. The van der Waals surface area contributed by atoms with Crippen molar-refractivity contribution in [3.63, 3.8) is 0 Å². The van der Waals surface area contributed by atoms with Crippen molar-refractivity contribution >= 4 is 41.2 Å². The molecule has 0 heterocycles. The number of halogens is 2. The molecule has 0 aliphatic carbocycles. The van der Waals surface area contributed by atoms with Gasteiger partial charge in [0.25, 0.3) is 11.8 Å². The van der Waals surface area contributed by atoms with Crippen molar-refractivity contribution in [2.75, 3.05) is 6.54 Å². The molecule has 0 bridgehead atoms. The van der Waals surface area contributed by atoms with E-state index >= 15 is 0 Å². The summed E-state index contributed by atoms with van der Waals surface area (Å²) >= 11 is 11.8. The molecule has 2 rings (SSSR count). The van der Waals surface area contributed by atoms with E-state index in [1.165, 1.54) is 6.21 Å². The van der Waals surface area contributed by atoms with Crippen LogP contribution in [0.15, 0.2) is 47.6 Å². The number of nitrogens with zero attached hydrogens (tertiary/aromatic N) is 1. The van der Waals surface area contributed by atoms with E-state index in [4.69, 9.17) is 23.2 Å². The summed E-state index contributed by atoms with van der Waals surface area (Å²) in [5.41, 5.74) is 4.30. The van der Waals surface area contributed by atoms with Gasteiger partial charge in [-0.05, 0) is 30.7 Å². The maximum atomic E-state index is 12.0. The molecule has 7 heteroatoms. The Hall–Kier alpha value is -2.37. The number of carbonyl (C=O) groups excluding carboxylic acids is 2. The molecule has 2 aromatic rings. The molecule has 0 saturated carbocycles. The summed E-state index contributed by atoms with van der Waals surface area (Å²) in [6.07, 6.45) is 1.40. The molecule has 0 unspecified atom stereocenters. The van der Waals surface area contributed by atoms with Crippen LogP contribution in [-0.2, 0) is 4.79 Å². The minimum atomic E-state index is -0.446. The lowest BCUT2D eigenvalue weighted by Gasteiger charge is -2.06. The van der Waals surface area contributed by atoms with Gasteiger partial charge >= 0.3 is 0 Å². The average Bonchev–Trinajstić information content (AvgIpc) is 2.55. The van der Waals surface area contributed by atoms with Crippen molar-refractivity contribution in [2.24, 2.45) is 5.10 Å². The number of nitrogens with one attached hydrogen (secondary N) is 2. The lowest BCUT2D eigenvalue weighted by Crippen LogP contribution is -2.35. The van der Waals surface area contributed by atoms with Gasteiger partial charge in [-0.25, -0.2) is 5.43 Å². The van der Waals surface area contributed by atoms with Crippen LogP contribution in [-0.4, -0.2) is 24.6 Å². The Kier molecular flexibility index (Phi) is 6.35. The van der Waals surface area contributed by atoms with Crippen LogP contribution in [0.3, 0.4) is 0 Å². The van der Waals surface area contributed by atoms with Gasteiger partial charge < -0.3 is 5.32 Å². The van der Waals surface area contributed by atoms with Crippen molar-refractivity contribution in [1.82, 2.24) is 10.7 Å². The monoisotopic (exact) mass is 363 g/mol. The van der Waals surface area contributed by atoms with Gasteiger partial charge in [-0.15, -0.1) is 0 Å². The molecule has 0 aliphatic rings. The van der Waals surface area contributed by atoms with Gasteiger partial charge in [0.15, 0.2) is 0 Å². The van der Waals surface area contributed by atoms with Gasteiger partial charge in [0.05, 0.1) is 17.8 Å². The van der Waals surface area contributed by atoms with E-state index in [9.17, 15) is 9.59 Å². The summed E-state index contributed by atoms with van der Waals surface area (Å²) in [5.74, 6) is -0.758. The molecule has 0 atom stereocenters. The zero-order chi connectivity index (χ0) is 17.5. The highest BCUT2D eigenvalue weighted by Crippen LogP contribution is 2.19. The Morgan fingerprint density at radius 2 is 1.92 bits per heavy atom. The maximum absolute atomic E-state index is 12.0. The summed E-state index contributed by atoms with van der Waals surface area (Å²) in [6, 6.07) is 12.1. The third-order valence-corrected chi connectivity index (χ3v) is 3.72. The van der Waals surface area contributed by atoms with E-state index < -0.39 is 5.91 Å². The molecule has 0 aromatic heterocycles. The van der Waals surface area contributed by atoms with Gasteiger partial charge in [-0.3, -0.25) is 9.59 Å². The Bertz CT molecular complexity index is 791. The molecule has 24 heavy (non-hydrogen) atoms. The largest absolute Gasteiger partial charge is 0.343 e. The summed E-state index contributed by atoms with van der Waals surface area (Å²) < 4.78 is 0. The van der Waals surface area contributed by atoms with Crippen LogP contribution in [0.25, 0.3) is 0 Å². The lowest BCUT2D eigenvalue weighted by molar-refractivity contribution is -0.120. The molecule has 2 aromatic carbocycles. The van der Waals surface area contributed by atoms with E-state index in [1.807, 2.05) is 19.1 Å². The van der Waals surface area contributed by atoms with Crippen LogP contribution in [0.5, 0.6) is 0 Å². The van der Waals surface area contributed by atoms with Crippen molar-refractivity contribution in [2.45, 2.75) is 6.92 Å². The van der Waals surface area contributed by atoms with Crippen LogP contribution >= 0.6 is 23.2 Å². The number of hydrazone groups is 1. The minimum absolute atomic E-state index is 0.182. The molecule has 124 valence electrons. The first kappa shape index (κ1) is 18.0. The Balaban J connectivity index is 1.84. The zero-order valence-corrected chi connectivity index (χ0v) is 14.4. The zero-order valence-electron chi connectivity index (χ0n) is 12.8. The van der Waals surface area contributed by atoms with E-state index in [0.29, 0.717) is 21.2 Å². The molecule has 2 N–H and O–H groups in total. The van der Waals surface area contributed by atoms with Crippen molar-refractivity contribution < 1.29 is 9.59 Å². The van der Waals surface area contributed by atoms with Gasteiger partial charge in [-0.2, -0.15) is 5.10 Å². The number of carbonyl (C=O) groups is 2. The first-order chi connectivity index (χ1) is 11.5. The summed E-state index contributed by atoms with van der Waals surface area (Å²) in [6.45, 7) is 1.65. The third-order valence-electron chi connectivity index (χ3n) is 3.15. The Morgan fingerprint density at radius 3 is 2.62 bits per heavy atom. The van der Waals surface area contributed by atoms with E-state index in [1.54, 1.807) is 30.3 Å². The van der Waals surface area contributed by atoms with Gasteiger partial charge in [0, 0.05) is 16.1 Å². The number of hydrogen-bond acceptors (Lipinski definition) is 3. The first-order valence-corrected chi connectivity index (χ1v) is 7.84. The fourth-order valence-corrected chi connectivity index (χ4v) is 2.36. The SMILES string of the molecule is Cc1ccccc1C(=O)NCC(=O)NN=Cc1ccc(Cl)cc1Cl. The van der Waals surface area contributed by atoms with E-state index in [0.717, 1.165) is 5.56 Å². The Labute approximate surface area is 149 Å². The minimum Gasteiger partial charge on any atom is -0.343 e. The predicted octanol–water partition coefficient (Wildman–Crippen LogP) is 3.18. The third kappa shape index (κ3) is 5.08. The number of aryl methyl sites for hydroxylation is 1. The van der Waals surface area contributed by atoms with Gasteiger partial charge in [0.2, 0.25) is 0 Å². The molecule has 5 nitrogen and oxygen atoms in total. The highest BCUT2D eigenvalue weighted by molar-refractivity contribution is 6.36. The Morgan fingerprint density at radius 1 is 1.17 bits per heavy atom. The van der Waals surface area contributed by atoms with Crippen LogP contribution in [0.1, 0.15) is 21.5 Å². The average molecular weight is 364 g/mol. The normalized spacial score (nSPS) is 10.6. The second-order valence-corrected chi connectivity index (χ2v) is 5.80. The van der Waals surface area contributed by atoms with E-state index in [-0.39, 0.29) is 12.5 Å². The van der Waals surface area contributed by atoms with Crippen LogP contribution in [0.2, 0.25) is 10.0 Å². The number of amides is 2.